The number of halogens is 2. The lowest BCUT2D eigenvalue weighted by atomic mass is 10.3. The van der Waals surface area contributed by atoms with Crippen LogP contribution >= 0.6 is 0 Å². The van der Waals surface area contributed by atoms with Crippen LogP contribution < -0.4 is 5.73 Å². The number of nitrogens with zero attached hydrogens (tertiary/aromatic N) is 1. The summed E-state index contributed by atoms with van der Waals surface area (Å²) < 4.78 is 56.8. The molecule has 0 aliphatic rings. The molecule has 1 atom stereocenters. The number of hydrogen-bond donors (Lipinski definition) is 1. The van der Waals surface area contributed by atoms with E-state index in [1.54, 1.807) is 6.92 Å². The van der Waals surface area contributed by atoms with Gasteiger partial charge in [0.1, 0.15) is 16.5 Å². The summed E-state index contributed by atoms with van der Waals surface area (Å²) in [6.45, 7) is 1.75. The van der Waals surface area contributed by atoms with Gasteiger partial charge in [0, 0.05) is 26.3 Å². The highest BCUT2D eigenvalue weighted by atomic mass is 32.2. The maximum Gasteiger partial charge on any atom is 0.246 e. The first-order valence-corrected chi connectivity index (χ1v) is 6.87. The van der Waals surface area contributed by atoms with E-state index >= 15 is 0 Å². The van der Waals surface area contributed by atoms with Gasteiger partial charge in [-0.2, -0.15) is 4.31 Å². The van der Waals surface area contributed by atoms with Crippen LogP contribution in [-0.2, 0) is 14.8 Å². The second-order valence-electron chi connectivity index (χ2n) is 4.13. The van der Waals surface area contributed by atoms with E-state index in [2.05, 4.69) is 0 Å². The third-order valence-corrected chi connectivity index (χ3v) is 4.72. The number of rotatable bonds is 5. The molecule has 0 aliphatic heterocycles. The highest BCUT2D eigenvalue weighted by Gasteiger charge is 2.29. The summed E-state index contributed by atoms with van der Waals surface area (Å²) >= 11 is 0. The van der Waals surface area contributed by atoms with Crippen molar-refractivity contribution < 1.29 is 21.9 Å². The standard InChI is InChI=1S/C11H16F2N2O3S/c1-7(6-18-3)15(2)19(16,17)11-5-10(14)8(12)4-9(11)13/h4-5,7H,6,14H2,1-3H3. The number of methoxy groups -OCH3 is 1. The third kappa shape index (κ3) is 3.20. The summed E-state index contributed by atoms with van der Waals surface area (Å²) in [5.41, 5.74) is 4.85. The van der Waals surface area contributed by atoms with E-state index in [4.69, 9.17) is 10.5 Å². The van der Waals surface area contributed by atoms with E-state index in [1.807, 2.05) is 0 Å². The van der Waals surface area contributed by atoms with Gasteiger partial charge in [0.25, 0.3) is 0 Å². The van der Waals surface area contributed by atoms with Crippen molar-refractivity contribution in [3.8, 4) is 0 Å². The zero-order valence-corrected chi connectivity index (χ0v) is 11.7. The average molecular weight is 294 g/mol. The molecule has 0 spiro atoms. The highest BCUT2D eigenvalue weighted by Crippen LogP contribution is 2.24. The van der Waals surface area contributed by atoms with E-state index in [-0.39, 0.29) is 6.61 Å². The van der Waals surface area contributed by atoms with Crippen LogP contribution in [0.2, 0.25) is 0 Å². The summed E-state index contributed by atoms with van der Waals surface area (Å²) in [5.74, 6) is -2.17. The van der Waals surface area contributed by atoms with Crippen molar-refractivity contribution in [3.63, 3.8) is 0 Å². The SMILES string of the molecule is COCC(C)N(C)S(=O)(=O)c1cc(N)c(F)cc1F. The zero-order valence-electron chi connectivity index (χ0n) is 10.9. The van der Waals surface area contributed by atoms with E-state index < -0.39 is 38.3 Å². The Kier molecular flexibility index (Phi) is 4.83. The van der Waals surface area contributed by atoms with Crippen molar-refractivity contribution in [2.24, 2.45) is 0 Å². The molecular formula is C11H16F2N2O3S. The predicted octanol–water partition coefficient (Wildman–Crippen LogP) is 1.20. The van der Waals surface area contributed by atoms with Crippen molar-refractivity contribution in [1.29, 1.82) is 0 Å². The zero-order chi connectivity index (χ0) is 14.8. The van der Waals surface area contributed by atoms with Gasteiger partial charge < -0.3 is 10.5 Å². The van der Waals surface area contributed by atoms with Crippen LogP contribution in [0.4, 0.5) is 14.5 Å². The molecule has 0 saturated carbocycles. The van der Waals surface area contributed by atoms with E-state index in [0.29, 0.717) is 6.07 Å². The summed E-state index contributed by atoms with van der Waals surface area (Å²) in [6, 6.07) is 0.730. The number of sulfonamides is 1. The smallest absolute Gasteiger partial charge is 0.246 e. The molecule has 0 amide bonds. The minimum atomic E-state index is -4.10. The minimum Gasteiger partial charge on any atom is -0.396 e. The molecule has 1 unspecified atom stereocenters. The summed E-state index contributed by atoms with van der Waals surface area (Å²) in [4.78, 5) is -0.656. The Morgan fingerprint density at radius 2 is 1.95 bits per heavy atom. The molecule has 1 aromatic rings. The fourth-order valence-corrected chi connectivity index (χ4v) is 2.91. The third-order valence-electron chi connectivity index (χ3n) is 2.74. The Morgan fingerprint density at radius 1 is 1.37 bits per heavy atom. The van der Waals surface area contributed by atoms with Gasteiger partial charge in [-0.25, -0.2) is 17.2 Å². The fourth-order valence-electron chi connectivity index (χ4n) is 1.48. The average Bonchev–Trinajstić information content (AvgIpc) is 2.32. The van der Waals surface area contributed by atoms with Crippen LogP contribution in [0, 0.1) is 11.6 Å². The molecule has 19 heavy (non-hydrogen) atoms. The molecule has 8 heteroatoms. The summed E-state index contributed by atoms with van der Waals surface area (Å²) in [6.07, 6.45) is 0. The number of ether oxygens (including phenoxy) is 1. The van der Waals surface area contributed by atoms with Crippen LogP contribution in [0.1, 0.15) is 6.92 Å². The number of hydrogen-bond acceptors (Lipinski definition) is 4. The van der Waals surface area contributed by atoms with Gasteiger partial charge in [0.05, 0.1) is 12.3 Å². The van der Waals surface area contributed by atoms with Crippen molar-refractivity contribution >= 4 is 15.7 Å². The normalized spacial score (nSPS) is 13.8. The number of likely N-dealkylation sites (N-methyl/N-ethyl adjacent to an activating group) is 1. The first-order chi connectivity index (χ1) is 8.71. The molecule has 0 heterocycles. The van der Waals surface area contributed by atoms with E-state index in [9.17, 15) is 17.2 Å². The Balaban J connectivity index is 3.24. The Bertz CT molecular complexity index is 563. The largest absolute Gasteiger partial charge is 0.396 e. The topological polar surface area (TPSA) is 72.6 Å². The van der Waals surface area contributed by atoms with Crippen LogP contribution in [0.5, 0.6) is 0 Å². The molecule has 0 bridgehead atoms. The van der Waals surface area contributed by atoms with Crippen molar-refractivity contribution in [1.82, 2.24) is 4.31 Å². The maximum atomic E-state index is 13.6. The van der Waals surface area contributed by atoms with Gasteiger partial charge in [0.2, 0.25) is 10.0 Å². The lowest BCUT2D eigenvalue weighted by Gasteiger charge is -2.24. The predicted molar refractivity (Wildman–Crippen MR) is 67.1 cm³/mol. The first-order valence-electron chi connectivity index (χ1n) is 5.43. The maximum absolute atomic E-state index is 13.6. The molecule has 108 valence electrons. The Morgan fingerprint density at radius 3 is 2.47 bits per heavy atom. The minimum absolute atomic E-state index is 0.147. The fraction of sp³-hybridized carbons (Fsp3) is 0.455. The molecule has 1 rings (SSSR count). The number of anilines is 1. The highest BCUT2D eigenvalue weighted by molar-refractivity contribution is 7.89. The van der Waals surface area contributed by atoms with Crippen molar-refractivity contribution in [3.05, 3.63) is 23.8 Å². The van der Waals surface area contributed by atoms with Crippen LogP contribution in [0.25, 0.3) is 0 Å². The summed E-state index contributed by atoms with van der Waals surface area (Å²) in [5, 5.41) is 0. The van der Waals surface area contributed by atoms with Gasteiger partial charge in [-0.3, -0.25) is 0 Å². The van der Waals surface area contributed by atoms with Crippen LogP contribution in [-0.4, -0.2) is 39.5 Å². The van der Waals surface area contributed by atoms with Gasteiger partial charge in [-0.05, 0) is 13.0 Å². The molecule has 2 N–H and O–H groups in total. The molecule has 0 aromatic heterocycles. The molecule has 0 radical (unpaired) electrons. The van der Waals surface area contributed by atoms with Crippen molar-refractivity contribution in [2.75, 3.05) is 26.5 Å². The Hall–Kier alpha value is -1.25. The number of benzene rings is 1. The van der Waals surface area contributed by atoms with Gasteiger partial charge in [-0.15, -0.1) is 0 Å². The Labute approximate surface area is 111 Å². The quantitative estimate of drug-likeness (QED) is 0.828. The molecule has 0 fully saturated rings. The first kappa shape index (κ1) is 15.8. The summed E-state index contributed by atoms with van der Waals surface area (Å²) in [7, 11) is -1.38. The lowest BCUT2D eigenvalue weighted by Crippen LogP contribution is -2.38. The molecule has 0 saturated heterocycles. The van der Waals surface area contributed by atoms with Gasteiger partial charge in [0.15, 0.2) is 0 Å². The second-order valence-corrected chi connectivity index (χ2v) is 6.10. The van der Waals surface area contributed by atoms with E-state index in [1.165, 1.54) is 14.2 Å². The lowest BCUT2D eigenvalue weighted by molar-refractivity contribution is 0.149. The number of nitrogen functional groups attached to an aromatic ring is 1. The van der Waals surface area contributed by atoms with Crippen LogP contribution in [0.3, 0.4) is 0 Å². The van der Waals surface area contributed by atoms with E-state index in [0.717, 1.165) is 10.4 Å². The van der Waals surface area contributed by atoms with Gasteiger partial charge in [-0.1, -0.05) is 0 Å². The number of nitrogens with two attached hydrogens (primary N) is 1. The molecule has 5 nitrogen and oxygen atoms in total. The van der Waals surface area contributed by atoms with Crippen LogP contribution in [0.15, 0.2) is 17.0 Å². The van der Waals surface area contributed by atoms with Crippen molar-refractivity contribution in [2.45, 2.75) is 17.9 Å². The molecule has 1 aromatic carbocycles. The molecule has 0 aliphatic carbocycles. The second kappa shape index (κ2) is 5.81. The monoisotopic (exact) mass is 294 g/mol. The molecular weight excluding hydrogens is 278 g/mol. The van der Waals surface area contributed by atoms with Gasteiger partial charge >= 0.3 is 0 Å².